The zero-order chi connectivity index (χ0) is 23.5. The first-order chi connectivity index (χ1) is 16.6. The molecule has 1 aromatic heterocycles. The number of aromatic carboxylic acids is 1. The lowest BCUT2D eigenvalue weighted by molar-refractivity contribution is -0.121. The summed E-state index contributed by atoms with van der Waals surface area (Å²) in [6.07, 6.45) is 12.3. The standard InChI is InChI=1S/C27H34N2O3S2/c30-25-18-28(34-21-14-8-3-9-15-21)17-23(19-10-4-1-5-11-19)29(25)22-16-24(33-26(22)27(31)32)20-12-6-2-7-13-20/h2,6-7,12-13,16,19,21,23H,1,3-5,8-11,14-15,17-18H2,(H,31,32). The molecule has 0 spiro atoms. The van der Waals surface area contributed by atoms with E-state index in [2.05, 4.69) is 4.31 Å². The van der Waals surface area contributed by atoms with E-state index in [0.29, 0.717) is 23.4 Å². The number of benzene rings is 1. The monoisotopic (exact) mass is 498 g/mol. The van der Waals surface area contributed by atoms with Crippen LogP contribution in [0.4, 0.5) is 5.69 Å². The maximum atomic E-state index is 13.7. The molecule has 1 aliphatic heterocycles. The number of anilines is 1. The van der Waals surface area contributed by atoms with E-state index < -0.39 is 5.97 Å². The molecule has 34 heavy (non-hydrogen) atoms. The summed E-state index contributed by atoms with van der Waals surface area (Å²) in [6, 6.07) is 11.9. The molecule has 1 amide bonds. The molecular formula is C27H34N2O3S2. The van der Waals surface area contributed by atoms with E-state index >= 15 is 0 Å². The van der Waals surface area contributed by atoms with Crippen molar-refractivity contribution in [2.45, 2.75) is 75.5 Å². The van der Waals surface area contributed by atoms with Crippen molar-refractivity contribution in [1.82, 2.24) is 4.31 Å². The van der Waals surface area contributed by atoms with Crippen LogP contribution < -0.4 is 4.90 Å². The van der Waals surface area contributed by atoms with Gasteiger partial charge in [-0.3, -0.25) is 4.79 Å². The lowest BCUT2D eigenvalue weighted by Crippen LogP contribution is -2.58. The van der Waals surface area contributed by atoms with Crippen molar-refractivity contribution in [1.29, 1.82) is 0 Å². The molecule has 1 aromatic carbocycles. The number of amides is 1. The molecule has 0 radical (unpaired) electrons. The zero-order valence-electron chi connectivity index (χ0n) is 19.7. The minimum atomic E-state index is -0.948. The number of hydrogen-bond acceptors (Lipinski definition) is 5. The molecule has 2 heterocycles. The van der Waals surface area contributed by atoms with Crippen molar-refractivity contribution < 1.29 is 14.7 Å². The van der Waals surface area contributed by atoms with Gasteiger partial charge in [0.05, 0.1) is 18.3 Å². The van der Waals surface area contributed by atoms with E-state index in [1.165, 1.54) is 62.7 Å². The molecule has 2 aliphatic carbocycles. The number of rotatable bonds is 6. The van der Waals surface area contributed by atoms with E-state index in [9.17, 15) is 14.7 Å². The number of carboxylic acids is 1. The third-order valence-electron chi connectivity index (χ3n) is 7.57. The summed E-state index contributed by atoms with van der Waals surface area (Å²) in [7, 11) is 0. The molecule has 2 aromatic rings. The Hall–Kier alpha value is -1.83. The highest BCUT2D eigenvalue weighted by molar-refractivity contribution is 7.97. The SMILES string of the molecule is O=C(O)c1sc(-c2ccccc2)cc1N1C(=O)CN(SC2CCCCC2)CC1C1CCCCC1. The summed E-state index contributed by atoms with van der Waals surface area (Å²) in [5.74, 6) is -0.476. The predicted molar refractivity (Wildman–Crippen MR) is 141 cm³/mol. The van der Waals surface area contributed by atoms with Gasteiger partial charge in [0.1, 0.15) is 4.88 Å². The van der Waals surface area contributed by atoms with Crippen molar-refractivity contribution >= 4 is 40.8 Å². The van der Waals surface area contributed by atoms with Crippen LogP contribution in [0.1, 0.15) is 73.9 Å². The van der Waals surface area contributed by atoms with Crippen LogP contribution in [0.3, 0.4) is 0 Å². The van der Waals surface area contributed by atoms with Gasteiger partial charge in [-0.25, -0.2) is 9.10 Å². The van der Waals surface area contributed by atoms with Crippen LogP contribution in [0.15, 0.2) is 36.4 Å². The molecule has 5 nitrogen and oxygen atoms in total. The molecule has 1 N–H and O–H groups in total. The van der Waals surface area contributed by atoms with E-state index in [0.717, 1.165) is 29.8 Å². The van der Waals surface area contributed by atoms with E-state index in [1.807, 2.05) is 53.2 Å². The van der Waals surface area contributed by atoms with Crippen molar-refractivity contribution in [2.75, 3.05) is 18.0 Å². The van der Waals surface area contributed by atoms with Gasteiger partial charge in [-0.1, -0.05) is 80.8 Å². The van der Waals surface area contributed by atoms with Crippen molar-refractivity contribution in [3.63, 3.8) is 0 Å². The predicted octanol–water partition coefficient (Wildman–Crippen LogP) is 6.69. The Bertz CT molecular complexity index is 997. The lowest BCUT2D eigenvalue weighted by Gasteiger charge is -2.45. The minimum Gasteiger partial charge on any atom is -0.477 e. The zero-order valence-corrected chi connectivity index (χ0v) is 21.3. The van der Waals surface area contributed by atoms with Gasteiger partial charge in [0.25, 0.3) is 0 Å². The highest BCUT2D eigenvalue weighted by Crippen LogP contribution is 2.42. The number of carboxylic acid groups (broad SMARTS) is 1. The molecule has 7 heteroatoms. The Labute approximate surface area is 210 Å². The van der Waals surface area contributed by atoms with Gasteiger partial charge in [0.2, 0.25) is 5.91 Å². The number of piperazine rings is 1. The third-order valence-corrected chi connectivity index (χ3v) is 10.1. The van der Waals surface area contributed by atoms with Gasteiger partial charge < -0.3 is 10.0 Å². The first-order valence-electron chi connectivity index (χ1n) is 12.8. The average molecular weight is 499 g/mol. The third kappa shape index (κ3) is 5.21. The molecule has 3 aliphatic rings. The second kappa shape index (κ2) is 10.8. The molecule has 1 saturated heterocycles. The summed E-state index contributed by atoms with van der Waals surface area (Å²) in [5.41, 5.74) is 1.59. The number of carbonyl (C=O) groups is 2. The molecule has 1 atom stereocenters. The van der Waals surface area contributed by atoms with E-state index in [1.54, 1.807) is 0 Å². The van der Waals surface area contributed by atoms with E-state index in [4.69, 9.17) is 0 Å². The summed E-state index contributed by atoms with van der Waals surface area (Å²) >= 11 is 3.18. The molecule has 3 fully saturated rings. The fourth-order valence-corrected chi connectivity index (χ4v) is 8.26. The molecule has 182 valence electrons. The largest absolute Gasteiger partial charge is 0.477 e. The fraction of sp³-hybridized carbons (Fsp3) is 0.556. The Morgan fingerprint density at radius 1 is 0.971 bits per heavy atom. The Morgan fingerprint density at radius 2 is 1.65 bits per heavy atom. The second-order valence-corrected chi connectivity index (χ2v) is 12.4. The smallest absolute Gasteiger partial charge is 0.348 e. The Kier molecular flexibility index (Phi) is 7.61. The number of carbonyl (C=O) groups excluding carboxylic acids is 1. The van der Waals surface area contributed by atoms with Gasteiger partial charge in [-0.05, 0) is 43.2 Å². The molecule has 5 rings (SSSR count). The quantitative estimate of drug-likeness (QED) is 0.450. The highest BCUT2D eigenvalue weighted by atomic mass is 32.2. The van der Waals surface area contributed by atoms with Crippen molar-refractivity contribution in [2.24, 2.45) is 5.92 Å². The van der Waals surface area contributed by atoms with Crippen LogP contribution >= 0.6 is 23.3 Å². The summed E-state index contributed by atoms with van der Waals surface area (Å²) in [4.78, 5) is 29.1. The topological polar surface area (TPSA) is 60.9 Å². The van der Waals surface area contributed by atoms with E-state index in [-0.39, 0.29) is 16.8 Å². The maximum Gasteiger partial charge on any atom is 0.348 e. The number of nitrogens with zero attached hydrogens (tertiary/aromatic N) is 2. The van der Waals surface area contributed by atoms with Crippen LogP contribution in [0.5, 0.6) is 0 Å². The number of thiophene rings is 1. The van der Waals surface area contributed by atoms with Crippen LogP contribution in [-0.4, -0.2) is 45.7 Å². The maximum absolute atomic E-state index is 13.7. The first kappa shape index (κ1) is 23.9. The van der Waals surface area contributed by atoms with Crippen LogP contribution in [0.25, 0.3) is 10.4 Å². The number of hydrogen-bond donors (Lipinski definition) is 1. The van der Waals surface area contributed by atoms with Crippen LogP contribution in [-0.2, 0) is 4.79 Å². The van der Waals surface area contributed by atoms with Gasteiger partial charge in [0.15, 0.2) is 0 Å². The van der Waals surface area contributed by atoms with Crippen molar-refractivity contribution in [3.8, 4) is 10.4 Å². The van der Waals surface area contributed by atoms with Gasteiger partial charge in [0, 0.05) is 16.7 Å². The Balaban J connectivity index is 1.47. The molecular weight excluding hydrogens is 464 g/mol. The second-order valence-electron chi connectivity index (χ2n) is 9.91. The van der Waals surface area contributed by atoms with Gasteiger partial charge in [-0.15, -0.1) is 11.3 Å². The van der Waals surface area contributed by atoms with Crippen LogP contribution in [0.2, 0.25) is 0 Å². The minimum absolute atomic E-state index is 0.0361. The van der Waals surface area contributed by atoms with Crippen molar-refractivity contribution in [3.05, 3.63) is 41.3 Å². The first-order valence-corrected chi connectivity index (χ1v) is 14.4. The molecule has 0 bridgehead atoms. The van der Waals surface area contributed by atoms with Gasteiger partial charge >= 0.3 is 5.97 Å². The molecule has 1 unspecified atom stereocenters. The van der Waals surface area contributed by atoms with Crippen LogP contribution in [0, 0.1) is 5.92 Å². The Morgan fingerprint density at radius 3 is 2.32 bits per heavy atom. The highest BCUT2D eigenvalue weighted by Gasteiger charge is 2.41. The molecule has 2 saturated carbocycles. The average Bonchev–Trinajstić information content (AvgIpc) is 3.31. The fourth-order valence-electron chi connectivity index (χ4n) is 5.88. The summed E-state index contributed by atoms with van der Waals surface area (Å²) < 4.78 is 2.30. The lowest BCUT2D eigenvalue weighted by atomic mass is 9.82. The summed E-state index contributed by atoms with van der Waals surface area (Å²) in [5, 5.41) is 10.7. The normalized spacial score (nSPS) is 23.4. The van der Waals surface area contributed by atoms with Gasteiger partial charge in [-0.2, -0.15) is 0 Å². The summed E-state index contributed by atoms with van der Waals surface area (Å²) in [6.45, 7) is 1.19.